The molecule has 1 aliphatic heterocycles. The van der Waals surface area contributed by atoms with Gasteiger partial charge in [-0.05, 0) is 48.9 Å². The van der Waals surface area contributed by atoms with Crippen molar-refractivity contribution in [1.29, 1.82) is 0 Å². The van der Waals surface area contributed by atoms with Crippen molar-refractivity contribution in [2.45, 2.75) is 17.8 Å². The highest BCUT2D eigenvalue weighted by Gasteiger charge is 2.25. The van der Waals surface area contributed by atoms with Crippen molar-refractivity contribution in [2.24, 2.45) is 0 Å². The number of nitrogens with zero attached hydrogens (tertiary/aromatic N) is 7. The SMILES string of the molecule is COc1ccccc1N1CCN(C(=O)c2csc(CSc3nnc(-c4cccnc4)n3-c3cc(Cl)ccc3C)n2)CC1. The van der Waals surface area contributed by atoms with Gasteiger partial charge < -0.3 is 14.5 Å². The Morgan fingerprint density at radius 1 is 1.05 bits per heavy atom. The van der Waals surface area contributed by atoms with Crippen LogP contribution in [0.1, 0.15) is 21.1 Å². The molecule has 0 radical (unpaired) electrons. The monoisotopic (exact) mass is 617 g/mol. The number of thioether (sulfide) groups is 1. The first-order chi connectivity index (χ1) is 20.5. The Balaban J connectivity index is 1.16. The number of carbonyl (C=O) groups is 1. The Morgan fingerprint density at radius 2 is 1.88 bits per heavy atom. The Morgan fingerprint density at radius 3 is 2.67 bits per heavy atom. The van der Waals surface area contributed by atoms with Crippen molar-refractivity contribution in [2.75, 3.05) is 38.2 Å². The molecule has 3 aromatic heterocycles. The van der Waals surface area contributed by atoms with Gasteiger partial charge in [-0.15, -0.1) is 21.5 Å². The van der Waals surface area contributed by atoms with Gasteiger partial charge in [-0.2, -0.15) is 0 Å². The third kappa shape index (κ3) is 5.85. The highest BCUT2D eigenvalue weighted by Crippen LogP contribution is 2.33. The maximum atomic E-state index is 13.3. The van der Waals surface area contributed by atoms with Crippen LogP contribution in [0.25, 0.3) is 17.1 Å². The molecule has 1 fully saturated rings. The van der Waals surface area contributed by atoms with Crippen LogP contribution in [0.3, 0.4) is 0 Å². The number of methoxy groups -OCH3 is 1. The van der Waals surface area contributed by atoms with Crippen LogP contribution in [-0.2, 0) is 5.75 Å². The molecular weight excluding hydrogens is 590 g/mol. The van der Waals surface area contributed by atoms with E-state index in [1.807, 2.05) is 70.3 Å². The van der Waals surface area contributed by atoms with E-state index in [1.54, 1.807) is 19.5 Å². The van der Waals surface area contributed by atoms with Crippen LogP contribution in [0.4, 0.5) is 5.69 Å². The minimum atomic E-state index is -0.0428. The number of hydrogen-bond donors (Lipinski definition) is 0. The first-order valence-corrected chi connectivity index (χ1v) is 15.6. The van der Waals surface area contributed by atoms with Crippen molar-refractivity contribution in [3.05, 3.63) is 93.7 Å². The molecule has 0 spiro atoms. The summed E-state index contributed by atoms with van der Waals surface area (Å²) < 4.78 is 7.52. The molecule has 0 saturated carbocycles. The average molecular weight is 618 g/mol. The van der Waals surface area contributed by atoms with Crippen LogP contribution in [-0.4, -0.2) is 68.8 Å². The molecule has 0 bridgehead atoms. The van der Waals surface area contributed by atoms with Gasteiger partial charge in [-0.25, -0.2) is 4.98 Å². The van der Waals surface area contributed by atoms with Crippen molar-refractivity contribution < 1.29 is 9.53 Å². The van der Waals surface area contributed by atoms with E-state index >= 15 is 0 Å². The summed E-state index contributed by atoms with van der Waals surface area (Å²) >= 11 is 9.38. The summed E-state index contributed by atoms with van der Waals surface area (Å²) in [5.74, 6) is 2.02. The number of carbonyl (C=O) groups excluding carboxylic acids is 1. The quantitative estimate of drug-likeness (QED) is 0.196. The normalized spacial score (nSPS) is 13.4. The lowest BCUT2D eigenvalue weighted by Crippen LogP contribution is -2.49. The lowest BCUT2D eigenvalue weighted by molar-refractivity contribution is 0.0741. The zero-order chi connectivity index (χ0) is 29.1. The summed E-state index contributed by atoms with van der Waals surface area (Å²) in [5.41, 5.74) is 4.32. The van der Waals surface area contributed by atoms with Gasteiger partial charge in [0.15, 0.2) is 11.0 Å². The highest BCUT2D eigenvalue weighted by molar-refractivity contribution is 7.98. The lowest BCUT2D eigenvalue weighted by Gasteiger charge is -2.36. The Hall–Kier alpha value is -3.93. The summed E-state index contributed by atoms with van der Waals surface area (Å²) in [6, 6.07) is 17.6. The zero-order valence-electron chi connectivity index (χ0n) is 23.1. The second-order valence-corrected chi connectivity index (χ2v) is 12.0. The van der Waals surface area contributed by atoms with Crippen LogP contribution < -0.4 is 9.64 Å². The van der Waals surface area contributed by atoms with Gasteiger partial charge in [0.2, 0.25) is 0 Å². The number of halogens is 1. The summed E-state index contributed by atoms with van der Waals surface area (Å²) in [4.78, 5) is 26.4. The molecule has 0 N–H and O–H groups in total. The molecule has 42 heavy (non-hydrogen) atoms. The number of hydrogen-bond acceptors (Lipinski definition) is 9. The van der Waals surface area contributed by atoms with E-state index in [4.69, 9.17) is 16.3 Å². The number of pyridine rings is 1. The van der Waals surface area contributed by atoms with E-state index < -0.39 is 0 Å². The molecule has 0 unspecified atom stereocenters. The largest absolute Gasteiger partial charge is 0.495 e. The molecule has 2 aromatic carbocycles. The Labute approximate surface area is 257 Å². The van der Waals surface area contributed by atoms with E-state index in [0.29, 0.717) is 40.5 Å². The molecule has 214 valence electrons. The summed E-state index contributed by atoms with van der Waals surface area (Å²) in [6.07, 6.45) is 3.50. The smallest absolute Gasteiger partial charge is 0.273 e. The van der Waals surface area contributed by atoms with Gasteiger partial charge in [-0.3, -0.25) is 14.3 Å². The number of aromatic nitrogens is 5. The Kier molecular flexibility index (Phi) is 8.41. The van der Waals surface area contributed by atoms with Crippen molar-refractivity contribution in [3.8, 4) is 22.8 Å². The summed E-state index contributed by atoms with van der Waals surface area (Å²) in [6.45, 7) is 4.74. The summed E-state index contributed by atoms with van der Waals surface area (Å²) in [5, 5.41) is 13.0. The van der Waals surface area contributed by atoms with Gasteiger partial charge >= 0.3 is 0 Å². The Bertz CT molecular complexity index is 1700. The number of ether oxygens (including phenoxy) is 1. The van der Waals surface area contributed by atoms with E-state index in [1.165, 1.54) is 23.1 Å². The second kappa shape index (κ2) is 12.5. The number of benzene rings is 2. The minimum Gasteiger partial charge on any atom is -0.495 e. The topological polar surface area (TPSA) is 89.3 Å². The van der Waals surface area contributed by atoms with Gasteiger partial charge in [-0.1, -0.05) is 41.6 Å². The second-order valence-electron chi connectivity index (χ2n) is 9.68. The number of para-hydroxylation sites is 2. The molecule has 5 aromatic rings. The molecular formula is C30H28ClN7O2S2. The lowest BCUT2D eigenvalue weighted by atomic mass is 10.2. The molecule has 4 heterocycles. The first kappa shape index (κ1) is 28.2. The molecule has 12 heteroatoms. The molecule has 0 aliphatic carbocycles. The zero-order valence-corrected chi connectivity index (χ0v) is 25.5. The number of piperazine rings is 1. The van der Waals surface area contributed by atoms with E-state index in [9.17, 15) is 4.79 Å². The molecule has 6 rings (SSSR count). The number of thiazole rings is 1. The standard InChI is InChI=1S/C30H28ClN7O2S2/c1-20-9-10-22(31)16-25(20)38-28(21-6-5-11-32-17-21)34-35-30(38)42-19-27-33-23(18-41-27)29(39)37-14-12-36(13-15-37)24-7-3-4-8-26(24)40-2/h3-11,16-18H,12-15,19H2,1-2H3. The van der Waals surface area contributed by atoms with Gasteiger partial charge in [0.05, 0.1) is 24.2 Å². The van der Waals surface area contributed by atoms with Gasteiger partial charge in [0.1, 0.15) is 16.5 Å². The molecule has 1 saturated heterocycles. The third-order valence-electron chi connectivity index (χ3n) is 7.05. The predicted octanol–water partition coefficient (Wildman–Crippen LogP) is 6.01. The number of aryl methyl sites for hydroxylation is 1. The van der Waals surface area contributed by atoms with Crippen molar-refractivity contribution in [1.82, 2.24) is 29.6 Å². The van der Waals surface area contributed by atoms with Crippen LogP contribution in [0, 0.1) is 6.92 Å². The fourth-order valence-corrected chi connectivity index (χ4v) is 6.79. The van der Waals surface area contributed by atoms with Gasteiger partial charge in [0, 0.05) is 54.5 Å². The summed E-state index contributed by atoms with van der Waals surface area (Å²) in [7, 11) is 1.68. The molecule has 1 aliphatic rings. The fourth-order valence-electron chi connectivity index (χ4n) is 4.89. The predicted molar refractivity (Wildman–Crippen MR) is 167 cm³/mol. The van der Waals surface area contributed by atoms with Crippen LogP contribution in [0.5, 0.6) is 5.75 Å². The van der Waals surface area contributed by atoms with Crippen LogP contribution in [0.15, 0.2) is 77.5 Å². The fraction of sp³-hybridized carbons (Fsp3) is 0.233. The van der Waals surface area contributed by atoms with Crippen LogP contribution >= 0.6 is 34.7 Å². The van der Waals surface area contributed by atoms with Gasteiger partial charge in [0.25, 0.3) is 5.91 Å². The first-order valence-electron chi connectivity index (χ1n) is 13.4. The maximum absolute atomic E-state index is 13.3. The van der Waals surface area contributed by atoms with Crippen molar-refractivity contribution >= 4 is 46.3 Å². The average Bonchev–Trinajstić information content (AvgIpc) is 3.69. The highest BCUT2D eigenvalue weighted by atomic mass is 35.5. The van der Waals surface area contributed by atoms with E-state index in [0.717, 1.165) is 46.3 Å². The maximum Gasteiger partial charge on any atom is 0.273 e. The number of anilines is 1. The van der Waals surface area contributed by atoms with Crippen molar-refractivity contribution in [3.63, 3.8) is 0 Å². The number of amides is 1. The number of rotatable bonds is 8. The van der Waals surface area contributed by atoms with E-state index in [-0.39, 0.29) is 5.91 Å². The third-order valence-corrected chi connectivity index (χ3v) is 9.26. The molecule has 0 atom stereocenters. The van der Waals surface area contributed by atoms with Crippen LogP contribution in [0.2, 0.25) is 5.02 Å². The van der Waals surface area contributed by atoms with E-state index in [2.05, 4.69) is 31.1 Å². The minimum absolute atomic E-state index is 0.0428. The molecule has 9 nitrogen and oxygen atoms in total. The molecule has 1 amide bonds.